The number of rotatable bonds is 6. The summed E-state index contributed by atoms with van der Waals surface area (Å²) >= 11 is 0. The number of unbranched alkanes of at least 4 members (excludes halogenated alkanes) is 1. The van der Waals surface area contributed by atoms with Gasteiger partial charge in [0.05, 0.1) is 7.11 Å². The van der Waals surface area contributed by atoms with Crippen LogP contribution in [0.2, 0.25) is 0 Å². The summed E-state index contributed by atoms with van der Waals surface area (Å²) in [6, 6.07) is 0. The first-order chi connectivity index (χ1) is 8.10. The van der Waals surface area contributed by atoms with Gasteiger partial charge in [0.25, 0.3) is 0 Å². The molecule has 0 unspecified atom stereocenters. The maximum atomic E-state index is 5.93. The molecule has 1 heterocycles. The number of hydrogen-bond acceptors (Lipinski definition) is 5. The van der Waals surface area contributed by atoms with E-state index in [1.807, 2.05) is 13.8 Å². The smallest absolute Gasteiger partial charge is 0.242 e. The molecule has 0 aliphatic heterocycles. The molecule has 17 heavy (non-hydrogen) atoms. The molecule has 0 fully saturated rings. The summed E-state index contributed by atoms with van der Waals surface area (Å²) in [5.41, 5.74) is 6.41. The Morgan fingerprint density at radius 3 is 2.59 bits per heavy atom. The monoisotopic (exact) mass is 238 g/mol. The van der Waals surface area contributed by atoms with Crippen LogP contribution in [-0.2, 0) is 0 Å². The van der Waals surface area contributed by atoms with Crippen LogP contribution in [0.4, 0.5) is 11.5 Å². The van der Waals surface area contributed by atoms with Gasteiger partial charge < -0.3 is 15.8 Å². The maximum absolute atomic E-state index is 5.93. The molecule has 0 radical (unpaired) electrons. The van der Waals surface area contributed by atoms with Crippen LogP contribution < -0.4 is 15.8 Å². The van der Waals surface area contributed by atoms with E-state index in [2.05, 4.69) is 22.2 Å². The normalized spacial score (nSPS) is 10.6. The SMILES string of the molecule is CCCCNc1nc(C(C)C)nc(OC)c1N. The quantitative estimate of drug-likeness (QED) is 0.744. The van der Waals surface area contributed by atoms with Crippen molar-refractivity contribution in [3.05, 3.63) is 5.82 Å². The van der Waals surface area contributed by atoms with Gasteiger partial charge in [0, 0.05) is 12.5 Å². The van der Waals surface area contributed by atoms with Crippen LogP contribution in [0.15, 0.2) is 0 Å². The molecule has 1 aromatic rings. The van der Waals surface area contributed by atoms with Crippen molar-refractivity contribution in [1.29, 1.82) is 0 Å². The van der Waals surface area contributed by atoms with Crippen LogP contribution in [0.3, 0.4) is 0 Å². The third-order valence-electron chi connectivity index (χ3n) is 2.46. The summed E-state index contributed by atoms with van der Waals surface area (Å²) in [6.07, 6.45) is 2.22. The molecule has 0 saturated heterocycles. The Bertz CT molecular complexity index is 366. The highest BCUT2D eigenvalue weighted by Gasteiger charge is 2.13. The van der Waals surface area contributed by atoms with Gasteiger partial charge in [-0.15, -0.1) is 0 Å². The molecule has 1 rings (SSSR count). The van der Waals surface area contributed by atoms with Crippen LogP contribution in [0, 0.1) is 0 Å². The van der Waals surface area contributed by atoms with E-state index in [9.17, 15) is 0 Å². The second-order valence-corrected chi connectivity index (χ2v) is 4.29. The summed E-state index contributed by atoms with van der Waals surface area (Å²) in [5, 5.41) is 3.23. The molecule has 0 aromatic carbocycles. The fraction of sp³-hybridized carbons (Fsp3) is 0.667. The molecule has 0 aliphatic rings. The van der Waals surface area contributed by atoms with Gasteiger partial charge in [-0.3, -0.25) is 0 Å². The highest BCUT2D eigenvalue weighted by atomic mass is 16.5. The van der Waals surface area contributed by atoms with Gasteiger partial charge in [-0.1, -0.05) is 27.2 Å². The fourth-order valence-electron chi connectivity index (χ4n) is 1.40. The van der Waals surface area contributed by atoms with Crippen molar-refractivity contribution < 1.29 is 4.74 Å². The van der Waals surface area contributed by atoms with E-state index in [0.29, 0.717) is 17.4 Å². The molecule has 5 heteroatoms. The average molecular weight is 238 g/mol. The predicted molar refractivity (Wildman–Crippen MR) is 70.5 cm³/mol. The zero-order chi connectivity index (χ0) is 12.8. The number of aromatic nitrogens is 2. The van der Waals surface area contributed by atoms with Gasteiger partial charge in [0.1, 0.15) is 11.5 Å². The number of nitrogens with two attached hydrogens (primary N) is 1. The minimum absolute atomic E-state index is 0.247. The highest BCUT2D eigenvalue weighted by molar-refractivity contribution is 5.66. The topological polar surface area (TPSA) is 73.1 Å². The van der Waals surface area contributed by atoms with Crippen molar-refractivity contribution in [3.8, 4) is 5.88 Å². The molecule has 0 atom stereocenters. The Hall–Kier alpha value is -1.52. The zero-order valence-electron chi connectivity index (χ0n) is 11.1. The molecule has 5 nitrogen and oxygen atoms in total. The van der Waals surface area contributed by atoms with Crippen molar-refractivity contribution in [3.63, 3.8) is 0 Å². The van der Waals surface area contributed by atoms with Crippen LogP contribution >= 0.6 is 0 Å². The number of ether oxygens (including phenoxy) is 1. The number of anilines is 2. The summed E-state index contributed by atoms with van der Waals surface area (Å²) in [6.45, 7) is 7.09. The maximum Gasteiger partial charge on any atom is 0.242 e. The molecule has 0 spiro atoms. The van der Waals surface area contributed by atoms with Gasteiger partial charge in [0.2, 0.25) is 5.88 Å². The van der Waals surface area contributed by atoms with E-state index in [-0.39, 0.29) is 5.92 Å². The van der Waals surface area contributed by atoms with Gasteiger partial charge in [-0.2, -0.15) is 4.98 Å². The number of nitrogens with zero attached hydrogens (tertiary/aromatic N) is 2. The standard InChI is InChI=1S/C12H22N4O/c1-5-6-7-14-11-9(13)12(17-4)16-10(15-11)8(2)3/h8H,5-7,13H2,1-4H3,(H,14,15,16). The number of hydrogen-bond donors (Lipinski definition) is 2. The van der Waals surface area contributed by atoms with Gasteiger partial charge in [0.15, 0.2) is 5.82 Å². The lowest BCUT2D eigenvalue weighted by molar-refractivity contribution is 0.396. The first-order valence-corrected chi connectivity index (χ1v) is 6.05. The lowest BCUT2D eigenvalue weighted by Gasteiger charge is -2.13. The van der Waals surface area contributed by atoms with Crippen molar-refractivity contribution in [2.75, 3.05) is 24.7 Å². The van der Waals surface area contributed by atoms with Crippen LogP contribution in [0.25, 0.3) is 0 Å². The molecule has 0 aliphatic carbocycles. The van der Waals surface area contributed by atoms with Gasteiger partial charge in [-0.25, -0.2) is 4.98 Å². The predicted octanol–water partition coefficient (Wildman–Crippen LogP) is 2.40. The number of nitrogen functional groups attached to an aromatic ring is 1. The van der Waals surface area contributed by atoms with E-state index in [4.69, 9.17) is 10.5 Å². The van der Waals surface area contributed by atoms with Crippen molar-refractivity contribution in [2.45, 2.75) is 39.5 Å². The van der Waals surface area contributed by atoms with Gasteiger partial charge >= 0.3 is 0 Å². The van der Waals surface area contributed by atoms with Crippen LogP contribution in [-0.4, -0.2) is 23.6 Å². The minimum atomic E-state index is 0.247. The third-order valence-corrected chi connectivity index (χ3v) is 2.46. The Kier molecular flexibility index (Phi) is 5.00. The van der Waals surface area contributed by atoms with Gasteiger partial charge in [-0.05, 0) is 6.42 Å². The molecule has 96 valence electrons. The Morgan fingerprint density at radius 1 is 1.35 bits per heavy atom. The fourth-order valence-corrected chi connectivity index (χ4v) is 1.40. The molecular formula is C12H22N4O. The van der Waals surface area contributed by atoms with E-state index in [1.165, 1.54) is 0 Å². The minimum Gasteiger partial charge on any atom is -0.479 e. The van der Waals surface area contributed by atoms with E-state index >= 15 is 0 Å². The second-order valence-electron chi connectivity index (χ2n) is 4.29. The Balaban J connectivity index is 2.96. The average Bonchev–Trinajstić information content (AvgIpc) is 2.31. The summed E-state index contributed by atoms with van der Waals surface area (Å²) in [7, 11) is 1.57. The Morgan fingerprint density at radius 2 is 2.06 bits per heavy atom. The Labute approximate surface area is 103 Å². The number of nitrogens with one attached hydrogen (secondary N) is 1. The van der Waals surface area contributed by atoms with Crippen molar-refractivity contribution >= 4 is 11.5 Å². The first-order valence-electron chi connectivity index (χ1n) is 6.05. The van der Waals surface area contributed by atoms with E-state index < -0.39 is 0 Å². The molecule has 1 aromatic heterocycles. The van der Waals surface area contributed by atoms with Crippen LogP contribution in [0.5, 0.6) is 5.88 Å². The molecule has 3 N–H and O–H groups in total. The summed E-state index contributed by atoms with van der Waals surface area (Å²) in [4.78, 5) is 8.71. The van der Waals surface area contributed by atoms with Crippen molar-refractivity contribution in [1.82, 2.24) is 9.97 Å². The zero-order valence-corrected chi connectivity index (χ0v) is 11.1. The lowest BCUT2D eigenvalue weighted by Crippen LogP contribution is -2.11. The number of methoxy groups -OCH3 is 1. The second kappa shape index (κ2) is 6.27. The summed E-state index contributed by atoms with van der Waals surface area (Å²) in [5.74, 6) is 2.11. The lowest BCUT2D eigenvalue weighted by atomic mass is 10.2. The molecule has 0 saturated carbocycles. The van der Waals surface area contributed by atoms with Crippen LogP contribution in [0.1, 0.15) is 45.4 Å². The summed E-state index contributed by atoms with van der Waals surface area (Å²) < 4.78 is 5.17. The highest BCUT2D eigenvalue weighted by Crippen LogP contribution is 2.27. The van der Waals surface area contributed by atoms with E-state index in [1.54, 1.807) is 7.11 Å². The molecule has 0 amide bonds. The van der Waals surface area contributed by atoms with Crippen molar-refractivity contribution in [2.24, 2.45) is 0 Å². The largest absolute Gasteiger partial charge is 0.479 e. The molecular weight excluding hydrogens is 216 g/mol. The first kappa shape index (κ1) is 13.5. The third kappa shape index (κ3) is 3.47. The van der Waals surface area contributed by atoms with E-state index in [0.717, 1.165) is 25.2 Å². The molecule has 0 bridgehead atoms.